The van der Waals surface area contributed by atoms with E-state index in [4.69, 9.17) is 22.1 Å². The zero-order chi connectivity index (χ0) is 24.2. The molecule has 1 saturated heterocycles. The maximum atomic E-state index is 14.8. The van der Waals surface area contributed by atoms with Gasteiger partial charge in [0, 0.05) is 44.1 Å². The van der Waals surface area contributed by atoms with E-state index in [0.717, 1.165) is 43.4 Å². The van der Waals surface area contributed by atoms with Crippen molar-refractivity contribution in [3.63, 3.8) is 0 Å². The number of halogens is 1. The van der Waals surface area contributed by atoms with Crippen LogP contribution in [0, 0.1) is 10.6 Å². The number of anilines is 1. The Morgan fingerprint density at radius 1 is 0.943 bits per heavy atom. The molecule has 1 fully saturated rings. The number of para-hydroxylation sites is 1. The molecular formula is C25H26FN7OS. The predicted molar refractivity (Wildman–Crippen MR) is 135 cm³/mol. The fraction of sp³-hybridized carbons (Fsp3) is 0.280. The third-order valence-electron chi connectivity index (χ3n) is 5.90. The van der Waals surface area contributed by atoms with Crippen molar-refractivity contribution < 1.29 is 9.13 Å². The first-order valence-electron chi connectivity index (χ1n) is 11.6. The third-order valence-corrected chi connectivity index (χ3v) is 6.29. The summed E-state index contributed by atoms with van der Waals surface area (Å²) in [6, 6.07) is 16.0. The van der Waals surface area contributed by atoms with Crippen molar-refractivity contribution in [2.45, 2.75) is 13.6 Å². The highest BCUT2D eigenvalue weighted by Gasteiger charge is 2.22. The molecule has 1 aliphatic rings. The Kier molecular flexibility index (Phi) is 6.82. The second-order valence-corrected chi connectivity index (χ2v) is 8.51. The van der Waals surface area contributed by atoms with Gasteiger partial charge in [-0.15, -0.1) is 5.10 Å². The van der Waals surface area contributed by atoms with E-state index in [1.54, 1.807) is 39.8 Å². The normalized spacial score (nSPS) is 14.3. The predicted octanol–water partition coefficient (Wildman–Crippen LogP) is 4.18. The van der Waals surface area contributed by atoms with Gasteiger partial charge in [-0.3, -0.25) is 9.47 Å². The van der Waals surface area contributed by atoms with E-state index in [1.165, 1.54) is 6.07 Å². The molecule has 0 radical (unpaired) electrons. The summed E-state index contributed by atoms with van der Waals surface area (Å²) >= 11 is 5.81. The van der Waals surface area contributed by atoms with Crippen LogP contribution in [0.25, 0.3) is 17.1 Å². The monoisotopic (exact) mass is 491 g/mol. The molecule has 4 aromatic rings. The van der Waals surface area contributed by atoms with Gasteiger partial charge in [-0.05, 0) is 61.6 Å². The van der Waals surface area contributed by atoms with Crippen molar-refractivity contribution in [2.24, 2.45) is 0 Å². The highest BCUT2D eigenvalue weighted by molar-refractivity contribution is 7.71. The molecule has 2 aromatic carbocycles. The average Bonchev–Trinajstić information content (AvgIpc) is 3.21. The fourth-order valence-electron chi connectivity index (χ4n) is 4.14. The number of rotatable bonds is 7. The summed E-state index contributed by atoms with van der Waals surface area (Å²) < 4.78 is 24.3. The van der Waals surface area contributed by atoms with Crippen LogP contribution in [0.5, 0.6) is 5.75 Å². The van der Waals surface area contributed by atoms with Crippen LogP contribution in [0.4, 0.5) is 10.3 Å². The van der Waals surface area contributed by atoms with Crippen LogP contribution in [0.2, 0.25) is 0 Å². The highest BCUT2D eigenvalue weighted by Crippen LogP contribution is 2.26. The Hall–Kier alpha value is -3.63. The van der Waals surface area contributed by atoms with Gasteiger partial charge in [0.05, 0.1) is 19.0 Å². The molecule has 0 unspecified atom stereocenters. The van der Waals surface area contributed by atoms with Crippen LogP contribution in [0.15, 0.2) is 67.0 Å². The molecule has 1 aliphatic heterocycles. The molecule has 8 nitrogen and oxygen atoms in total. The van der Waals surface area contributed by atoms with Crippen LogP contribution in [-0.2, 0) is 6.67 Å². The number of hydrogen-bond acceptors (Lipinski definition) is 7. The number of nitrogens with zero attached hydrogens (tertiary/aromatic N) is 7. The van der Waals surface area contributed by atoms with E-state index in [1.807, 2.05) is 37.3 Å². The second kappa shape index (κ2) is 10.3. The van der Waals surface area contributed by atoms with Gasteiger partial charge in [-0.1, -0.05) is 12.1 Å². The molecule has 35 heavy (non-hydrogen) atoms. The minimum Gasteiger partial charge on any atom is -0.494 e. The summed E-state index contributed by atoms with van der Waals surface area (Å²) in [4.78, 5) is 13.1. The first-order chi connectivity index (χ1) is 17.1. The molecule has 0 aliphatic carbocycles. The molecule has 5 rings (SSSR count). The summed E-state index contributed by atoms with van der Waals surface area (Å²) in [5.41, 5.74) is 1.20. The molecule has 10 heteroatoms. The van der Waals surface area contributed by atoms with Crippen LogP contribution in [0.3, 0.4) is 0 Å². The SMILES string of the molecule is CCOc1ccc(-c2nn(CN3CCN(c4ncccn4)CC3)c(=S)n2-c2ccccc2F)cc1. The fourth-order valence-corrected chi connectivity index (χ4v) is 4.42. The van der Waals surface area contributed by atoms with Crippen molar-refractivity contribution in [1.29, 1.82) is 0 Å². The topological polar surface area (TPSA) is 64.2 Å². The van der Waals surface area contributed by atoms with Crippen molar-refractivity contribution in [2.75, 3.05) is 37.7 Å². The highest BCUT2D eigenvalue weighted by atomic mass is 32.1. The zero-order valence-electron chi connectivity index (χ0n) is 19.4. The van der Waals surface area contributed by atoms with Crippen molar-refractivity contribution >= 4 is 18.2 Å². The molecule has 2 aromatic heterocycles. The second-order valence-electron chi connectivity index (χ2n) is 8.15. The number of hydrogen-bond donors (Lipinski definition) is 0. The van der Waals surface area contributed by atoms with E-state index in [9.17, 15) is 4.39 Å². The average molecular weight is 492 g/mol. The van der Waals surface area contributed by atoms with Gasteiger partial charge in [0.2, 0.25) is 10.7 Å². The Balaban J connectivity index is 1.43. The van der Waals surface area contributed by atoms with Gasteiger partial charge in [0.1, 0.15) is 11.6 Å². The number of piperazine rings is 1. The van der Waals surface area contributed by atoms with E-state index in [2.05, 4.69) is 19.8 Å². The lowest BCUT2D eigenvalue weighted by Gasteiger charge is -2.34. The van der Waals surface area contributed by atoms with Gasteiger partial charge in [-0.25, -0.2) is 19.0 Å². The van der Waals surface area contributed by atoms with E-state index in [-0.39, 0.29) is 5.82 Å². The van der Waals surface area contributed by atoms with Gasteiger partial charge in [0.15, 0.2) is 5.82 Å². The number of ether oxygens (including phenoxy) is 1. The van der Waals surface area contributed by atoms with Gasteiger partial charge in [0.25, 0.3) is 0 Å². The van der Waals surface area contributed by atoms with Crippen molar-refractivity contribution in [1.82, 2.24) is 29.2 Å². The first-order valence-corrected chi connectivity index (χ1v) is 12.0. The third kappa shape index (κ3) is 4.94. The Morgan fingerprint density at radius 3 is 2.34 bits per heavy atom. The van der Waals surface area contributed by atoms with Crippen LogP contribution in [-0.4, -0.2) is 62.0 Å². The van der Waals surface area contributed by atoms with Crippen LogP contribution < -0.4 is 9.64 Å². The summed E-state index contributed by atoms with van der Waals surface area (Å²) in [7, 11) is 0. The molecule has 180 valence electrons. The van der Waals surface area contributed by atoms with E-state index in [0.29, 0.717) is 29.6 Å². The maximum Gasteiger partial charge on any atom is 0.225 e. The minimum atomic E-state index is -0.355. The van der Waals surface area contributed by atoms with Gasteiger partial charge >= 0.3 is 0 Å². The largest absolute Gasteiger partial charge is 0.494 e. The van der Waals surface area contributed by atoms with Crippen molar-refractivity contribution in [3.05, 3.63) is 77.6 Å². The molecule has 0 N–H and O–H groups in total. The molecule has 0 bridgehead atoms. The van der Waals surface area contributed by atoms with E-state index < -0.39 is 0 Å². The van der Waals surface area contributed by atoms with Gasteiger partial charge in [-0.2, -0.15) is 0 Å². The lowest BCUT2D eigenvalue weighted by atomic mass is 10.2. The number of benzene rings is 2. The van der Waals surface area contributed by atoms with E-state index >= 15 is 0 Å². The smallest absolute Gasteiger partial charge is 0.225 e. The summed E-state index contributed by atoms with van der Waals surface area (Å²) in [6.07, 6.45) is 3.51. The molecule has 0 amide bonds. The lowest BCUT2D eigenvalue weighted by Crippen LogP contribution is -2.47. The minimum absolute atomic E-state index is 0.355. The van der Waals surface area contributed by atoms with Crippen LogP contribution in [0.1, 0.15) is 6.92 Å². The summed E-state index contributed by atoms with van der Waals surface area (Å²) in [5, 5.41) is 4.83. The molecule has 0 atom stereocenters. The number of aromatic nitrogens is 5. The standard InChI is InChI=1S/C25H26FN7OS/c1-2-34-20-10-8-19(9-11-20)23-29-32(25(35)33(23)22-7-4-3-6-21(22)26)18-30-14-16-31(17-15-30)24-27-12-5-13-28-24/h3-13H,2,14-18H2,1H3. The lowest BCUT2D eigenvalue weighted by molar-refractivity contribution is 0.193. The van der Waals surface area contributed by atoms with Crippen molar-refractivity contribution in [3.8, 4) is 22.8 Å². The molecular weight excluding hydrogens is 465 g/mol. The zero-order valence-corrected chi connectivity index (χ0v) is 20.2. The Labute approximate surface area is 208 Å². The van der Waals surface area contributed by atoms with Gasteiger partial charge < -0.3 is 9.64 Å². The molecule has 3 heterocycles. The Bertz CT molecular complexity index is 1330. The Morgan fingerprint density at radius 2 is 1.66 bits per heavy atom. The summed E-state index contributed by atoms with van der Waals surface area (Å²) in [6.45, 7) is 6.26. The first kappa shape index (κ1) is 23.1. The molecule has 0 spiro atoms. The quantitative estimate of drug-likeness (QED) is 0.360. The molecule has 0 saturated carbocycles. The van der Waals surface area contributed by atoms with Crippen LogP contribution >= 0.6 is 12.2 Å². The summed E-state index contributed by atoms with van der Waals surface area (Å²) in [5.74, 6) is 1.74. The maximum absolute atomic E-state index is 14.8.